The molecule has 3 nitrogen and oxygen atoms in total. The minimum absolute atomic E-state index is 0.447. The highest BCUT2D eigenvalue weighted by atomic mass is 15.1. The molecule has 1 aliphatic carbocycles. The largest absolute Gasteiger partial charge is 0.320 e. The van der Waals surface area contributed by atoms with Crippen molar-refractivity contribution in [2.24, 2.45) is 0 Å². The molecule has 0 N–H and O–H groups in total. The minimum atomic E-state index is 0.447. The second-order valence-corrected chi connectivity index (χ2v) is 3.13. The van der Waals surface area contributed by atoms with Crippen molar-refractivity contribution in [1.29, 1.82) is 5.26 Å². The van der Waals surface area contributed by atoms with E-state index in [1.165, 1.54) is 24.2 Å². The summed E-state index contributed by atoms with van der Waals surface area (Å²) >= 11 is 0. The lowest BCUT2D eigenvalue weighted by molar-refractivity contribution is 0.634. The van der Waals surface area contributed by atoms with Crippen LogP contribution in [0, 0.1) is 11.3 Å². The van der Waals surface area contributed by atoms with Crippen LogP contribution >= 0.6 is 0 Å². The quantitative estimate of drug-likeness (QED) is 0.622. The predicted octanol–water partition coefficient (Wildman–Crippen LogP) is 1.29. The average Bonchev–Trinajstić information content (AvgIpc) is 2.50. The summed E-state index contributed by atoms with van der Waals surface area (Å²) in [5.74, 6) is 0. The van der Waals surface area contributed by atoms with Crippen molar-refractivity contribution in [3.05, 3.63) is 17.7 Å². The lowest BCUT2D eigenvalue weighted by Gasteiger charge is -2.11. The smallest absolute Gasteiger partial charge is 0.111 e. The molecule has 0 fully saturated rings. The number of rotatable bonds is 1. The Labute approximate surface area is 71.6 Å². The SMILES string of the molecule is N#CCn1cnc2c1CCCC2. The van der Waals surface area contributed by atoms with Crippen LogP contribution in [0.1, 0.15) is 24.2 Å². The zero-order chi connectivity index (χ0) is 8.39. The summed E-state index contributed by atoms with van der Waals surface area (Å²) in [7, 11) is 0. The second-order valence-electron chi connectivity index (χ2n) is 3.13. The van der Waals surface area contributed by atoms with Crippen LogP contribution < -0.4 is 0 Å². The van der Waals surface area contributed by atoms with Crippen LogP contribution in [0.2, 0.25) is 0 Å². The van der Waals surface area contributed by atoms with Gasteiger partial charge < -0.3 is 4.57 Å². The third-order valence-corrected chi connectivity index (χ3v) is 2.35. The van der Waals surface area contributed by atoms with E-state index in [9.17, 15) is 0 Å². The molecule has 1 aliphatic rings. The molecular weight excluding hydrogens is 150 g/mol. The Morgan fingerprint density at radius 1 is 1.50 bits per heavy atom. The van der Waals surface area contributed by atoms with Crippen molar-refractivity contribution < 1.29 is 0 Å². The average molecular weight is 161 g/mol. The summed E-state index contributed by atoms with van der Waals surface area (Å²) < 4.78 is 1.97. The van der Waals surface area contributed by atoms with Gasteiger partial charge in [-0.3, -0.25) is 0 Å². The molecule has 62 valence electrons. The van der Waals surface area contributed by atoms with E-state index >= 15 is 0 Å². The highest BCUT2D eigenvalue weighted by Crippen LogP contribution is 2.19. The van der Waals surface area contributed by atoms with Gasteiger partial charge in [0.2, 0.25) is 0 Å². The Morgan fingerprint density at radius 2 is 2.33 bits per heavy atom. The van der Waals surface area contributed by atoms with Gasteiger partial charge in [-0.25, -0.2) is 4.98 Å². The van der Waals surface area contributed by atoms with Gasteiger partial charge in [0.1, 0.15) is 6.54 Å². The van der Waals surface area contributed by atoms with Crippen LogP contribution in [0.3, 0.4) is 0 Å². The molecule has 1 heterocycles. The molecule has 0 aliphatic heterocycles. The van der Waals surface area contributed by atoms with Gasteiger partial charge in [0.25, 0.3) is 0 Å². The van der Waals surface area contributed by atoms with Gasteiger partial charge in [0.05, 0.1) is 18.1 Å². The molecule has 0 saturated carbocycles. The Bertz CT molecular complexity index is 319. The Kier molecular flexibility index (Phi) is 1.83. The normalized spacial score (nSPS) is 15.2. The highest BCUT2D eigenvalue weighted by Gasteiger charge is 2.14. The van der Waals surface area contributed by atoms with Crippen LogP contribution in [0.25, 0.3) is 0 Å². The van der Waals surface area contributed by atoms with E-state index in [1.54, 1.807) is 6.33 Å². The first-order chi connectivity index (χ1) is 5.92. The van der Waals surface area contributed by atoms with Gasteiger partial charge >= 0.3 is 0 Å². The lowest BCUT2D eigenvalue weighted by Crippen LogP contribution is -2.07. The fraction of sp³-hybridized carbons (Fsp3) is 0.556. The number of aromatic nitrogens is 2. The number of hydrogen-bond donors (Lipinski definition) is 0. The lowest BCUT2D eigenvalue weighted by atomic mass is 10.0. The molecule has 3 heteroatoms. The van der Waals surface area contributed by atoms with Gasteiger partial charge in [0.15, 0.2) is 0 Å². The van der Waals surface area contributed by atoms with Crippen molar-refractivity contribution in [1.82, 2.24) is 9.55 Å². The van der Waals surface area contributed by atoms with Gasteiger partial charge in [-0.1, -0.05) is 0 Å². The van der Waals surface area contributed by atoms with Crippen LogP contribution in [0.15, 0.2) is 6.33 Å². The van der Waals surface area contributed by atoms with E-state index in [4.69, 9.17) is 5.26 Å². The third kappa shape index (κ3) is 1.10. The summed E-state index contributed by atoms with van der Waals surface area (Å²) in [6.45, 7) is 0.447. The molecule has 0 radical (unpaired) electrons. The molecule has 0 saturated heterocycles. The molecule has 2 rings (SSSR count). The van der Waals surface area contributed by atoms with Crippen LogP contribution in [-0.2, 0) is 19.4 Å². The van der Waals surface area contributed by atoms with E-state index in [2.05, 4.69) is 11.1 Å². The van der Waals surface area contributed by atoms with E-state index in [0.29, 0.717) is 6.54 Å². The number of hydrogen-bond acceptors (Lipinski definition) is 2. The fourth-order valence-electron chi connectivity index (χ4n) is 1.74. The summed E-state index contributed by atoms with van der Waals surface area (Å²) in [5, 5.41) is 8.54. The zero-order valence-electron chi connectivity index (χ0n) is 6.95. The highest BCUT2D eigenvalue weighted by molar-refractivity contribution is 5.16. The van der Waals surface area contributed by atoms with Crippen molar-refractivity contribution in [3.63, 3.8) is 0 Å². The monoisotopic (exact) mass is 161 g/mol. The molecule has 0 unspecified atom stereocenters. The second kappa shape index (κ2) is 2.98. The number of nitrogens with zero attached hydrogens (tertiary/aromatic N) is 3. The van der Waals surface area contributed by atoms with Crippen molar-refractivity contribution in [3.8, 4) is 6.07 Å². The molecule has 0 amide bonds. The predicted molar refractivity (Wildman–Crippen MR) is 44.5 cm³/mol. The summed E-state index contributed by atoms with van der Waals surface area (Å²) in [5.41, 5.74) is 2.49. The molecule has 1 aromatic rings. The van der Waals surface area contributed by atoms with Gasteiger partial charge in [-0.05, 0) is 25.7 Å². The molecule has 0 spiro atoms. The fourth-order valence-corrected chi connectivity index (χ4v) is 1.74. The summed E-state index contributed by atoms with van der Waals surface area (Å²) in [6.07, 6.45) is 6.46. The number of imidazole rings is 1. The van der Waals surface area contributed by atoms with Gasteiger partial charge in [-0.15, -0.1) is 0 Å². The van der Waals surface area contributed by atoms with Crippen molar-refractivity contribution in [2.75, 3.05) is 0 Å². The molecule has 0 bridgehead atoms. The van der Waals surface area contributed by atoms with Crippen LogP contribution in [0.5, 0.6) is 0 Å². The Balaban J connectivity index is 2.33. The van der Waals surface area contributed by atoms with Crippen molar-refractivity contribution >= 4 is 0 Å². The first-order valence-electron chi connectivity index (χ1n) is 4.31. The van der Waals surface area contributed by atoms with Gasteiger partial charge in [0, 0.05) is 5.69 Å². The Hall–Kier alpha value is -1.30. The van der Waals surface area contributed by atoms with Gasteiger partial charge in [-0.2, -0.15) is 5.26 Å². The van der Waals surface area contributed by atoms with E-state index in [-0.39, 0.29) is 0 Å². The number of fused-ring (bicyclic) bond motifs is 1. The van der Waals surface area contributed by atoms with Crippen molar-refractivity contribution in [2.45, 2.75) is 32.2 Å². The maximum atomic E-state index is 8.54. The maximum Gasteiger partial charge on any atom is 0.111 e. The topological polar surface area (TPSA) is 41.6 Å². The standard InChI is InChI=1S/C9H11N3/c10-5-6-12-7-11-8-3-1-2-4-9(8)12/h7H,1-4,6H2. The minimum Gasteiger partial charge on any atom is -0.320 e. The number of nitriles is 1. The Morgan fingerprint density at radius 3 is 3.17 bits per heavy atom. The van der Waals surface area contributed by atoms with E-state index < -0.39 is 0 Å². The maximum absolute atomic E-state index is 8.54. The number of aryl methyl sites for hydroxylation is 1. The van der Waals surface area contributed by atoms with E-state index in [0.717, 1.165) is 12.8 Å². The van der Waals surface area contributed by atoms with E-state index in [1.807, 2.05) is 4.57 Å². The molecule has 12 heavy (non-hydrogen) atoms. The summed E-state index contributed by atoms with van der Waals surface area (Å²) in [6, 6.07) is 2.14. The summed E-state index contributed by atoms with van der Waals surface area (Å²) in [4.78, 5) is 4.29. The molecule has 0 atom stereocenters. The third-order valence-electron chi connectivity index (χ3n) is 2.35. The molecule has 1 aromatic heterocycles. The first kappa shape index (κ1) is 7.35. The first-order valence-corrected chi connectivity index (χ1v) is 4.31. The van der Waals surface area contributed by atoms with Crippen LogP contribution in [-0.4, -0.2) is 9.55 Å². The molecular formula is C9H11N3. The van der Waals surface area contributed by atoms with Crippen LogP contribution in [0.4, 0.5) is 0 Å². The zero-order valence-corrected chi connectivity index (χ0v) is 6.95. The molecule has 0 aromatic carbocycles.